The van der Waals surface area contributed by atoms with Crippen molar-refractivity contribution in [1.29, 1.82) is 0 Å². The third-order valence-corrected chi connectivity index (χ3v) is 5.64. The third-order valence-electron chi connectivity index (χ3n) is 4.62. The minimum absolute atomic E-state index is 0.288. The molecule has 0 bridgehead atoms. The average Bonchev–Trinajstić information content (AvgIpc) is 2.96. The second-order valence-corrected chi connectivity index (χ2v) is 6.64. The summed E-state index contributed by atoms with van der Waals surface area (Å²) in [4.78, 5) is 0. The van der Waals surface area contributed by atoms with Crippen molar-refractivity contribution in [3.05, 3.63) is 0 Å². The van der Waals surface area contributed by atoms with Crippen molar-refractivity contribution in [3.63, 3.8) is 0 Å². The summed E-state index contributed by atoms with van der Waals surface area (Å²) >= 11 is 3.55. The van der Waals surface area contributed by atoms with E-state index in [1.54, 1.807) is 0 Å². The molecule has 3 atom stereocenters. The van der Waals surface area contributed by atoms with Gasteiger partial charge in [-0.1, -0.05) is 35.7 Å². The van der Waals surface area contributed by atoms with Crippen molar-refractivity contribution >= 4 is 15.9 Å². The molecule has 1 spiro atoms. The summed E-state index contributed by atoms with van der Waals surface area (Å²) < 4.78 is 6.30. The number of alkyl halides is 1. The first-order valence-corrected chi connectivity index (χ1v) is 8.24. The summed E-state index contributed by atoms with van der Waals surface area (Å²) in [7, 11) is 0. The molecule has 2 nitrogen and oxygen atoms in total. The summed E-state index contributed by atoms with van der Waals surface area (Å²) in [6.45, 7) is 5.58. The van der Waals surface area contributed by atoms with Gasteiger partial charge in [0.2, 0.25) is 0 Å². The van der Waals surface area contributed by atoms with E-state index in [4.69, 9.17) is 4.74 Å². The van der Waals surface area contributed by atoms with Crippen LogP contribution in [0.1, 0.15) is 52.4 Å². The number of ether oxygens (including phenoxy) is 1. The van der Waals surface area contributed by atoms with Gasteiger partial charge < -0.3 is 10.1 Å². The molecule has 2 rings (SSSR count). The molecular weight excluding hydrogens is 278 g/mol. The van der Waals surface area contributed by atoms with E-state index in [0.29, 0.717) is 18.1 Å². The topological polar surface area (TPSA) is 21.3 Å². The fraction of sp³-hybridized carbons (Fsp3) is 1.00. The van der Waals surface area contributed by atoms with E-state index in [9.17, 15) is 0 Å². The van der Waals surface area contributed by atoms with Crippen LogP contribution in [-0.2, 0) is 4.74 Å². The van der Waals surface area contributed by atoms with Crippen LogP contribution in [0.2, 0.25) is 0 Å². The Morgan fingerprint density at radius 1 is 1.29 bits per heavy atom. The van der Waals surface area contributed by atoms with Crippen LogP contribution in [0.25, 0.3) is 0 Å². The van der Waals surface area contributed by atoms with Crippen molar-refractivity contribution in [3.8, 4) is 0 Å². The average molecular weight is 304 g/mol. The van der Waals surface area contributed by atoms with Gasteiger partial charge in [-0.2, -0.15) is 0 Å². The molecule has 2 aliphatic rings. The van der Waals surface area contributed by atoms with Crippen LogP contribution in [0.3, 0.4) is 0 Å². The monoisotopic (exact) mass is 303 g/mol. The molecule has 17 heavy (non-hydrogen) atoms. The van der Waals surface area contributed by atoms with Gasteiger partial charge in [0.25, 0.3) is 0 Å². The van der Waals surface area contributed by atoms with E-state index in [1.807, 2.05) is 0 Å². The molecule has 1 saturated carbocycles. The first kappa shape index (κ1) is 13.8. The van der Waals surface area contributed by atoms with Gasteiger partial charge in [-0.15, -0.1) is 0 Å². The number of hydrogen-bond acceptors (Lipinski definition) is 2. The van der Waals surface area contributed by atoms with Gasteiger partial charge >= 0.3 is 0 Å². The van der Waals surface area contributed by atoms with E-state index in [1.165, 1.54) is 38.5 Å². The maximum atomic E-state index is 6.30. The van der Waals surface area contributed by atoms with E-state index in [-0.39, 0.29) is 5.60 Å². The number of halogens is 1. The van der Waals surface area contributed by atoms with Crippen molar-refractivity contribution in [2.75, 3.05) is 11.9 Å². The number of hydrogen-bond donors (Lipinski definition) is 1. The Labute approximate surface area is 114 Å². The molecule has 100 valence electrons. The summed E-state index contributed by atoms with van der Waals surface area (Å²) in [6.07, 6.45) is 8.35. The lowest BCUT2D eigenvalue weighted by Gasteiger charge is -2.25. The van der Waals surface area contributed by atoms with Crippen molar-refractivity contribution in [2.24, 2.45) is 5.92 Å². The Balaban J connectivity index is 1.71. The van der Waals surface area contributed by atoms with E-state index >= 15 is 0 Å². The first-order valence-electron chi connectivity index (χ1n) is 7.12. The molecule has 0 radical (unpaired) electrons. The van der Waals surface area contributed by atoms with Crippen LogP contribution in [0.4, 0.5) is 0 Å². The standard InChI is InChI=1S/C14H26BrNO/c1-11(9-15)12(2)16-10-13-5-8-14(17-13)6-3-4-7-14/h11-13,16H,3-10H2,1-2H3. The summed E-state index contributed by atoms with van der Waals surface area (Å²) in [5, 5.41) is 4.69. The number of rotatable bonds is 5. The predicted octanol–water partition coefficient (Wildman–Crippen LogP) is 3.49. The molecule has 0 amide bonds. The van der Waals surface area contributed by atoms with Gasteiger partial charge in [-0.05, 0) is 38.5 Å². The summed E-state index contributed by atoms with van der Waals surface area (Å²) in [5.41, 5.74) is 0.288. The zero-order valence-corrected chi connectivity index (χ0v) is 12.8. The Hall–Kier alpha value is 0.400. The first-order chi connectivity index (χ1) is 8.15. The van der Waals surface area contributed by atoms with E-state index in [0.717, 1.165) is 11.9 Å². The van der Waals surface area contributed by atoms with Crippen LogP contribution in [0.15, 0.2) is 0 Å². The van der Waals surface area contributed by atoms with Crippen molar-refractivity contribution in [2.45, 2.75) is 70.1 Å². The van der Waals surface area contributed by atoms with Crippen molar-refractivity contribution in [1.82, 2.24) is 5.32 Å². The Morgan fingerprint density at radius 3 is 2.65 bits per heavy atom. The maximum Gasteiger partial charge on any atom is 0.0708 e. The quantitative estimate of drug-likeness (QED) is 0.785. The third kappa shape index (κ3) is 3.45. The molecule has 0 aromatic rings. The Bertz CT molecular complexity index is 240. The Kier molecular flexibility index (Phi) is 4.90. The molecule has 1 heterocycles. The lowest BCUT2D eigenvalue weighted by atomic mass is 9.98. The molecule has 3 heteroatoms. The highest BCUT2D eigenvalue weighted by atomic mass is 79.9. The Morgan fingerprint density at radius 2 is 2.00 bits per heavy atom. The highest BCUT2D eigenvalue weighted by Crippen LogP contribution is 2.43. The van der Waals surface area contributed by atoms with Crippen LogP contribution < -0.4 is 5.32 Å². The molecule has 3 unspecified atom stereocenters. The van der Waals surface area contributed by atoms with Gasteiger partial charge in [0.05, 0.1) is 11.7 Å². The molecule has 0 aromatic carbocycles. The molecular formula is C14H26BrNO. The van der Waals surface area contributed by atoms with Crippen LogP contribution in [-0.4, -0.2) is 29.6 Å². The minimum atomic E-state index is 0.288. The van der Waals surface area contributed by atoms with E-state index < -0.39 is 0 Å². The van der Waals surface area contributed by atoms with Gasteiger partial charge in [0.15, 0.2) is 0 Å². The second kappa shape index (κ2) is 6.03. The molecule has 0 aromatic heterocycles. The highest BCUT2D eigenvalue weighted by molar-refractivity contribution is 9.09. The van der Waals surface area contributed by atoms with Crippen LogP contribution in [0.5, 0.6) is 0 Å². The van der Waals surface area contributed by atoms with Crippen LogP contribution in [0, 0.1) is 5.92 Å². The largest absolute Gasteiger partial charge is 0.370 e. The fourth-order valence-electron chi connectivity index (χ4n) is 3.08. The lowest BCUT2D eigenvalue weighted by Crippen LogP contribution is -2.39. The normalized spacial score (nSPS) is 30.9. The highest BCUT2D eigenvalue weighted by Gasteiger charge is 2.41. The van der Waals surface area contributed by atoms with Gasteiger partial charge in [0.1, 0.15) is 0 Å². The van der Waals surface area contributed by atoms with Gasteiger partial charge in [-0.3, -0.25) is 0 Å². The smallest absolute Gasteiger partial charge is 0.0708 e. The fourth-order valence-corrected chi connectivity index (χ4v) is 3.64. The van der Waals surface area contributed by atoms with Gasteiger partial charge in [0, 0.05) is 17.9 Å². The summed E-state index contributed by atoms with van der Waals surface area (Å²) in [6, 6.07) is 0.568. The predicted molar refractivity (Wildman–Crippen MR) is 75.7 cm³/mol. The zero-order valence-electron chi connectivity index (χ0n) is 11.2. The number of nitrogens with one attached hydrogen (secondary N) is 1. The molecule has 1 aliphatic carbocycles. The van der Waals surface area contributed by atoms with Crippen LogP contribution >= 0.6 is 15.9 Å². The minimum Gasteiger partial charge on any atom is -0.370 e. The SMILES string of the molecule is CC(CBr)C(C)NCC1CCC2(CCCC2)O1. The second-order valence-electron chi connectivity index (χ2n) is 6.00. The van der Waals surface area contributed by atoms with E-state index in [2.05, 4.69) is 35.1 Å². The van der Waals surface area contributed by atoms with Crippen molar-refractivity contribution < 1.29 is 4.74 Å². The summed E-state index contributed by atoms with van der Waals surface area (Å²) in [5.74, 6) is 0.678. The lowest BCUT2D eigenvalue weighted by molar-refractivity contribution is -0.0360. The molecule has 1 saturated heterocycles. The van der Waals surface area contributed by atoms with Gasteiger partial charge in [-0.25, -0.2) is 0 Å². The zero-order chi connectivity index (χ0) is 12.3. The maximum absolute atomic E-state index is 6.30. The molecule has 1 aliphatic heterocycles. The molecule has 1 N–H and O–H groups in total. The molecule has 2 fully saturated rings.